The van der Waals surface area contributed by atoms with Crippen molar-refractivity contribution in [1.29, 1.82) is 0 Å². The molecule has 0 radical (unpaired) electrons. The standard InChI is InChI=1S/C22H29N3O3/c1-27-20-8-5-6-18(16-20)10-11-24-12-14-25(15-13-24)22(26)23-17-19-7-3-4-9-21(19)28-2/h3-9,16H,10-15,17H2,1-2H3,(H,23,26). The van der Waals surface area contributed by atoms with Crippen molar-refractivity contribution in [3.8, 4) is 11.5 Å². The van der Waals surface area contributed by atoms with Crippen LogP contribution < -0.4 is 14.8 Å². The van der Waals surface area contributed by atoms with Crippen molar-refractivity contribution in [2.45, 2.75) is 13.0 Å². The SMILES string of the molecule is COc1cccc(CCN2CCN(C(=O)NCc3ccccc3OC)CC2)c1. The van der Waals surface area contributed by atoms with E-state index in [4.69, 9.17) is 9.47 Å². The zero-order valence-electron chi connectivity index (χ0n) is 16.7. The lowest BCUT2D eigenvalue weighted by Gasteiger charge is -2.34. The number of para-hydroxylation sites is 1. The van der Waals surface area contributed by atoms with Crippen LogP contribution >= 0.6 is 0 Å². The summed E-state index contributed by atoms with van der Waals surface area (Å²) in [5, 5.41) is 3.00. The van der Waals surface area contributed by atoms with E-state index in [-0.39, 0.29) is 6.03 Å². The molecule has 1 saturated heterocycles. The highest BCUT2D eigenvalue weighted by atomic mass is 16.5. The number of hydrogen-bond donors (Lipinski definition) is 1. The number of methoxy groups -OCH3 is 2. The first kappa shape index (κ1) is 20.0. The van der Waals surface area contributed by atoms with Gasteiger partial charge in [-0.1, -0.05) is 30.3 Å². The average molecular weight is 383 g/mol. The average Bonchev–Trinajstić information content (AvgIpc) is 2.76. The van der Waals surface area contributed by atoms with Crippen molar-refractivity contribution in [3.05, 3.63) is 59.7 Å². The summed E-state index contributed by atoms with van der Waals surface area (Å²) in [6, 6.07) is 15.9. The van der Waals surface area contributed by atoms with Crippen molar-refractivity contribution in [1.82, 2.24) is 15.1 Å². The molecule has 0 saturated carbocycles. The molecule has 2 aromatic rings. The summed E-state index contributed by atoms with van der Waals surface area (Å²) in [4.78, 5) is 16.8. The van der Waals surface area contributed by atoms with E-state index in [0.717, 1.165) is 56.2 Å². The molecule has 3 rings (SSSR count). The number of benzene rings is 2. The molecule has 1 fully saturated rings. The summed E-state index contributed by atoms with van der Waals surface area (Å²) in [6.45, 7) is 4.74. The Bertz CT molecular complexity index is 773. The molecule has 1 N–H and O–H groups in total. The molecule has 0 aromatic heterocycles. The van der Waals surface area contributed by atoms with Gasteiger partial charge in [0.1, 0.15) is 11.5 Å². The van der Waals surface area contributed by atoms with Crippen LogP contribution in [0.2, 0.25) is 0 Å². The maximum atomic E-state index is 12.5. The number of rotatable bonds is 7. The lowest BCUT2D eigenvalue weighted by Crippen LogP contribution is -2.51. The number of hydrogen-bond acceptors (Lipinski definition) is 4. The molecule has 6 nitrogen and oxygen atoms in total. The molecule has 1 heterocycles. The van der Waals surface area contributed by atoms with Gasteiger partial charge in [0.2, 0.25) is 0 Å². The number of nitrogens with zero attached hydrogens (tertiary/aromatic N) is 2. The zero-order chi connectivity index (χ0) is 19.8. The number of carbonyl (C=O) groups is 1. The zero-order valence-corrected chi connectivity index (χ0v) is 16.7. The Kier molecular flexibility index (Phi) is 7.14. The first-order valence-corrected chi connectivity index (χ1v) is 9.69. The number of amides is 2. The van der Waals surface area contributed by atoms with Gasteiger partial charge >= 0.3 is 6.03 Å². The molecular weight excluding hydrogens is 354 g/mol. The minimum atomic E-state index is -0.0154. The molecule has 6 heteroatoms. The maximum Gasteiger partial charge on any atom is 0.317 e. The largest absolute Gasteiger partial charge is 0.497 e. The Labute approximate surface area is 167 Å². The molecule has 0 atom stereocenters. The summed E-state index contributed by atoms with van der Waals surface area (Å²) >= 11 is 0. The molecule has 150 valence electrons. The molecule has 28 heavy (non-hydrogen) atoms. The molecule has 0 aliphatic carbocycles. The Balaban J connectivity index is 1.41. The fraction of sp³-hybridized carbons (Fsp3) is 0.409. The Morgan fingerprint density at radius 3 is 2.54 bits per heavy atom. The van der Waals surface area contributed by atoms with Gasteiger partial charge in [0.05, 0.1) is 14.2 Å². The number of piperazine rings is 1. The highest BCUT2D eigenvalue weighted by Crippen LogP contribution is 2.17. The van der Waals surface area contributed by atoms with E-state index in [1.54, 1.807) is 14.2 Å². The van der Waals surface area contributed by atoms with E-state index in [1.807, 2.05) is 41.3 Å². The summed E-state index contributed by atoms with van der Waals surface area (Å²) in [5.74, 6) is 1.69. The normalized spacial score (nSPS) is 14.6. The maximum absolute atomic E-state index is 12.5. The van der Waals surface area contributed by atoms with Crippen molar-refractivity contribution in [2.24, 2.45) is 0 Å². The molecule has 1 aliphatic heterocycles. The summed E-state index contributed by atoms with van der Waals surface area (Å²) in [5.41, 5.74) is 2.26. The van der Waals surface area contributed by atoms with Crippen LogP contribution in [0.15, 0.2) is 48.5 Å². The number of carbonyl (C=O) groups excluding carboxylic acids is 1. The molecular formula is C22H29N3O3. The van der Waals surface area contributed by atoms with Crippen LogP contribution in [0, 0.1) is 0 Å². The quantitative estimate of drug-likeness (QED) is 0.799. The molecule has 2 amide bonds. The fourth-order valence-electron chi connectivity index (χ4n) is 3.42. The van der Waals surface area contributed by atoms with Crippen LogP contribution in [0.5, 0.6) is 11.5 Å². The third-order valence-corrected chi connectivity index (χ3v) is 5.13. The Hall–Kier alpha value is -2.73. The smallest absolute Gasteiger partial charge is 0.317 e. The van der Waals surface area contributed by atoms with Gasteiger partial charge in [-0.2, -0.15) is 0 Å². The number of urea groups is 1. The predicted octanol–water partition coefficient (Wildman–Crippen LogP) is 2.77. The summed E-state index contributed by atoms with van der Waals surface area (Å²) in [6.07, 6.45) is 0.983. The van der Waals surface area contributed by atoms with Gasteiger partial charge in [-0.05, 0) is 30.2 Å². The van der Waals surface area contributed by atoms with E-state index in [1.165, 1.54) is 5.56 Å². The number of nitrogens with one attached hydrogen (secondary N) is 1. The van der Waals surface area contributed by atoms with E-state index < -0.39 is 0 Å². The van der Waals surface area contributed by atoms with Crippen LogP contribution in [-0.2, 0) is 13.0 Å². The highest BCUT2D eigenvalue weighted by Gasteiger charge is 2.20. The second-order valence-electron chi connectivity index (χ2n) is 6.90. The lowest BCUT2D eigenvalue weighted by atomic mass is 10.1. The third-order valence-electron chi connectivity index (χ3n) is 5.13. The van der Waals surface area contributed by atoms with E-state index >= 15 is 0 Å². The molecule has 1 aliphatic rings. The van der Waals surface area contributed by atoms with Gasteiger partial charge in [0.15, 0.2) is 0 Å². The second kappa shape index (κ2) is 9.99. The van der Waals surface area contributed by atoms with Gasteiger partial charge < -0.3 is 19.7 Å². The van der Waals surface area contributed by atoms with Crippen molar-refractivity contribution < 1.29 is 14.3 Å². The first-order valence-electron chi connectivity index (χ1n) is 9.69. The van der Waals surface area contributed by atoms with Crippen LogP contribution in [-0.4, -0.2) is 62.8 Å². The van der Waals surface area contributed by atoms with Gasteiger partial charge in [0, 0.05) is 44.8 Å². The Morgan fingerprint density at radius 1 is 1.00 bits per heavy atom. The van der Waals surface area contributed by atoms with E-state index in [9.17, 15) is 4.79 Å². The van der Waals surface area contributed by atoms with Crippen molar-refractivity contribution >= 4 is 6.03 Å². The Morgan fingerprint density at radius 2 is 1.79 bits per heavy atom. The van der Waals surface area contributed by atoms with Crippen LogP contribution in [0.25, 0.3) is 0 Å². The molecule has 2 aromatic carbocycles. The summed E-state index contributed by atoms with van der Waals surface area (Å²) in [7, 11) is 3.34. The lowest BCUT2D eigenvalue weighted by molar-refractivity contribution is 0.140. The third kappa shape index (κ3) is 5.39. The van der Waals surface area contributed by atoms with Crippen molar-refractivity contribution in [2.75, 3.05) is 46.9 Å². The van der Waals surface area contributed by atoms with Gasteiger partial charge in [0.25, 0.3) is 0 Å². The van der Waals surface area contributed by atoms with E-state index in [0.29, 0.717) is 6.54 Å². The number of ether oxygens (including phenoxy) is 2. The van der Waals surface area contributed by atoms with Crippen LogP contribution in [0.4, 0.5) is 4.79 Å². The second-order valence-corrected chi connectivity index (χ2v) is 6.90. The molecule has 0 unspecified atom stereocenters. The van der Waals surface area contributed by atoms with Crippen LogP contribution in [0.1, 0.15) is 11.1 Å². The predicted molar refractivity (Wildman–Crippen MR) is 110 cm³/mol. The summed E-state index contributed by atoms with van der Waals surface area (Å²) < 4.78 is 10.6. The molecule has 0 bridgehead atoms. The van der Waals surface area contributed by atoms with Gasteiger partial charge in [-0.15, -0.1) is 0 Å². The van der Waals surface area contributed by atoms with Gasteiger partial charge in [-0.3, -0.25) is 4.90 Å². The van der Waals surface area contributed by atoms with Crippen molar-refractivity contribution in [3.63, 3.8) is 0 Å². The highest BCUT2D eigenvalue weighted by molar-refractivity contribution is 5.74. The fourth-order valence-corrected chi connectivity index (χ4v) is 3.42. The topological polar surface area (TPSA) is 54.0 Å². The minimum absolute atomic E-state index is 0.0154. The van der Waals surface area contributed by atoms with Gasteiger partial charge in [-0.25, -0.2) is 4.79 Å². The van der Waals surface area contributed by atoms with E-state index in [2.05, 4.69) is 22.3 Å². The minimum Gasteiger partial charge on any atom is -0.497 e. The van der Waals surface area contributed by atoms with Crippen LogP contribution in [0.3, 0.4) is 0 Å². The first-order chi connectivity index (χ1) is 13.7. The monoisotopic (exact) mass is 383 g/mol. The molecule has 0 spiro atoms.